The maximum Gasteiger partial charge on any atom is 0.413 e. The summed E-state index contributed by atoms with van der Waals surface area (Å²) >= 11 is 0. The summed E-state index contributed by atoms with van der Waals surface area (Å²) in [5.74, 6) is -2.49. The molecule has 0 aliphatic rings. The van der Waals surface area contributed by atoms with Gasteiger partial charge in [0, 0.05) is 21.2 Å². The third kappa shape index (κ3) is 11.5. The standard InChI is InChI=1S/C19H37F3N2O6SSi/c1-7-32(8-2,9-3)30-15(19(20,21)22)11-13-31(23,28)12-10-14(16(25)26)24-17(27)29-18(4,5)6/h14-15,23H,7-13H2,1-6H3,(H,24,27)(H,25,26). The van der Waals surface area contributed by atoms with Crippen molar-refractivity contribution in [2.45, 2.75) is 96.4 Å². The normalized spacial score (nSPS) is 16.7. The number of nitrogens with one attached hydrogen (secondary N) is 2. The Hall–Kier alpha value is -1.34. The van der Waals surface area contributed by atoms with Crippen LogP contribution in [0.3, 0.4) is 0 Å². The number of amides is 1. The van der Waals surface area contributed by atoms with Crippen LogP contribution in [0.2, 0.25) is 18.1 Å². The molecule has 13 heteroatoms. The maximum absolute atomic E-state index is 13.5. The third-order valence-corrected chi connectivity index (χ3v) is 11.6. The molecule has 0 aromatic rings. The lowest BCUT2D eigenvalue weighted by Gasteiger charge is -2.34. The first-order valence-corrected chi connectivity index (χ1v) is 15.0. The van der Waals surface area contributed by atoms with Crippen molar-refractivity contribution in [3.63, 3.8) is 0 Å². The smallest absolute Gasteiger partial charge is 0.413 e. The molecule has 0 spiro atoms. The third-order valence-electron chi connectivity index (χ3n) is 5.13. The fraction of sp³-hybridized carbons (Fsp3) is 0.895. The molecule has 0 saturated carbocycles. The minimum atomic E-state index is -4.66. The van der Waals surface area contributed by atoms with Crippen molar-refractivity contribution in [2.75, 3.05) is 11.5 Å². The highest BCUT2D eigenvalue weighted by Gasteiger charge is 2.45. The predicted molar refractivity (Wildman–Crippen MR) is 119 cm³/mol. The van der Waals surface area contributed by atoms with Gasteiger partial charge in [0.1, 0.15) is 17.7 Å². The summed E-state index contributed by atoms with van der Waals surface area (Å²) in [7, 11) is -6.12. The number of rotatable bonds is 13. The Bertz CT molecular complexity index is 713. The molecular formula is C19H37F3N2O6SSi. The van der Waals surface area contributed by atoms with Gasteiger partial charge in [-0.25, -0.2) is 13.8 Å². The lowest BCUT2D eigenvalue weighted by atomic mass is 10.2. The second-order valence-corrected chi connectivity index (χ2v) is 15.9. The van der Waals surface area contributed by atoms with Gasteiger partial charge in [0.25, 0.3) is 0 Å². The van der Waals surface area contributed by atoms with E-state index in [0.717, 1.165) is 0 Å². The summed E-state index contributed by atoms with van der Waals surface area (Å²) in [6.45, 7) is 10.2. The highest BCUT2D eigenvalue weighted by Crippen LogP contribution is 2.32. The van der Waals surface area contributed by atoms with Crippen LogP contribution in [0.25, 0.3) is 0 Å². The molecule has 3 N–H and O–H groups in total. The number of carbonyl (C=O) groups is 2. The SMILES string of the molecule is CC[Si](CC)(CC)OC(CCS(=N)(=O)CCC(NC(=O)OC(C)(C)C)C(=O)O)C(F)(F)F. The molecule has 0 radical (unpaired) electrons. The molecule has 0 aromatic carbocycles. The Balaban J connectivity index is 5.14. The summed E-state index contributed by atoms with van der Waals surface area (Å²) < 4.78 is 71.6. The lowest BCUT2D eigenvalue weighted by Crippen LogP contribution is -2.46. The highest BCUT2D eigenvalue weighted by atomic mass is 32.2. The van der Waals surface area contributed by atoms with E-state index in [0.29, 0.717) is 18.1 Å². The zero-order valence-electron chi connectivity index (χ0n) is 19.6. The van der Waals surface area contributed by atoms with E-state index in [2.05, 4.69) is 5.32 Å². The van der Waals surface area contributed by atoms with Crippen LogP contribution < -0.4 is 5.32 Å². The molecular weight excluding hydrogens is 469 g/mol. The fourth-order valence-corrected chi connectivity index (χ4v) is 7.28. The summed E-state index contributed by atoms with van der Waals surface area (Å²) in [5, 5.41) is 11.4. The first kappa shape index (κ1) is 30.7. The number of hydrogen-bond acceptors (Lipinski definition) is 6. The van der Waals surface area contributed by atoms with E-state index in [-0.39, 0.29) is 6.42 Å². The van der Waals surface area contributed by atoms with Crippen LogP contribution in [-0.4, -0.2) is 65.1 Å². The lowest BCUT2D eigenvalue weighted by molar-refractivity contribution is -0.198. The van der Waals surface area contributed by atoms with Gasteiger partial charge in [0.15, 0.2) is 8.32 Å². The number of alkyl halides is 3. The van der Waals surface area contributed by atoms with Crippen LogP contribution in [-0.2, 0) is 23.7 Å². The Morgan fingerprint density at radius 3 is 1.91 bits per heavy atom. The van der Waals surface area contributed by atoms with Crippen LogP contribution in [0.5, 0.6) is 0 Å². The molecule has 32 heavy (non-hydrogen) atoms. The van der Waals surface area contributed by atoms with Gasteiger partial charge in [-0.3, -0.25) is 4.78 Å². The number of carbonyl (C=O) groups excluding carboxylic acids is 1. The van der Waals surface area contributed by atoms with Crippen LogP contribution >= 0.6 is 0 Å². The molecule has 0 aliphatic carbocycles. The molecule has 0 aliphatic heterocycles. The van der Waals surface area contributed by atoms with Crippen molar-refractivity contribution in [2.24, 2.45) is 0 Å². The second kappa shape index (κ2) is 12.2. The van der Waals surface area contributed by atoms with Crippen molar-refractivity contribution in [1.29, 1.82) is 4.78 Å². The quantitative estimate of drug-likeness (QED) is 0.310. The van der Waals surface area contributed by atoms with E-state index in [4.69, 9.17) is 13.9 Å². The molecule has 3 atom stereocenters. The molecule has 0 aromatic heterocycles. The zero-order chi connectivity index (χ0) is 25.4. The molecule has 0 bridgehead atoms. The minimum absolute atomic E-state index is 0.383. The zero-order valence-corrected chi connectivity index (χ0v) is 21.5. The van der Waals surface area contributed by atoms with Gasteiger partial charge in [0.05, 0.1) is 0 Å². The van der Waals surface area contributed by atoms with Crippen LogP contribution in [0.1, 0.15) is 54.4 Å². The monoisotopic (exact) mass is 506 g/mol. The average molecular weight is 507 g/mol. The average Bonchev–Trinajstić information content (AvgIpc) is 2.63. The number of aliphatic carboxylic acids is 1. The summed E-state index contributed by atoms with van der Waals surface area (Å²) in [6.07, 6.45) is -8.79. The maximum atomic E-state index is 13.5. The van der Waals surface area contributed by atoms with Gasteiger partial charge in [0.2, 0.25) is 0 Å². The van der Waals surface area contributed by atoms with Crippen molar-refractivity contribution in [3.05, 3.63) is 0 Å². The van der Waals surface area contributed by atoms with Crippen molar-refractivity contribution in [3.8, 4) is 0 Å². The molecule has 0 saturated heterocycles. The fourth-order valence-electron chi connectivity index (χ4n) is 3.01. The number of ether oxygens (including phenoxy) is 1. The molecule has 0 fully saturated rings. The molecule has 0 rings (SSSR count). The van der Waals surface area contributed by atoms with Crippen LogP contribution in [0.4, 0.5) is 18.0 Å². The Morgan fingerprint density at radius 2 is 1.53 bits per heavy atom. The van der Waals surface area contributed by atoms with Gasteiger partial charge in [-0.2, -0.15) is 13.2 Å². The minimum Gasteiger partial charge on any atom is -0.480 e. The topological polar surface area (TPSA) is 126 Å². The van der Waals surface area contributed by atoms with Gasteiger partial charge < -0.3 is 19.6 Å². The number of hydrogen-bond donors (Lipinski definition) is 3. The van der Waals surface area contributed by atoms with Gasteiger partial charge in [-0.1, -0.05) is 20.8 Å². The predicted octanol–water partition coefficient (Wildman–Crippen LogP) is 4.74. The van der Waals surface area contributed by atoms with Gasteiger partial charge >= 0.3 is 18.2 Å². The second-order valence-electron chi connectivity index (χ2n) is 8.73. The van der Waals surface area contributed by atoms with Crippen molar-refractivity contribution >= 4 is 30.1 Å². The first-order chi connectivity index (χ1) is 14.4. The Labute approximate surface area is 189 Å². The Morgan fingerprint density at radius 1 is 1.06 bits per heavy atom. The first-order valence-electron chi connectivity index (χ1n) is 10.6. The van der Waals surface area contributed by atoms with Crippen LogP contribution in [0.15, 0.2) is 0 Å². The van der Waals surface area contributed by atoms with Gasteiger partial charge in [-0.05, 0) is 51.7 Å². The van der Waals surface area contributed by atoms with E-state index < -0.39 is 72.0 Å². The molecule has 190 valence electrons. The van der Waals surface area contributed by atoms with E-state index in [1.165, 1.54) is 0 Å². The molecule has 1 amide bonds. The number of carboxylic acids is 1. The van der Waals surface area contributed by atoms with Gasteiger partial charge in [-0.15, -0.1) is 0 Å². The number of alkyl carbamates (subject to hydrolysis) is 1. The molecule has 8 nitrogen and oxygen atoms in total. The van der Waals surface area contributed by atoms with E-state index >= 15 is 0 Å². The largest absolute Gasteiger partial charge is 0.480 e. The van der Waals surface area contributed by atoms with E-state index in [1.807, 2.05) is 0 Å². The van der Waals surface area contributed by atoms with Crippen molar-refractivity contribution in [1.82, 2.24) is 5.32 Å². The Kier molecular flexibility index (Phi) is 11.7. The highest BCUT2D eigenvalue weighted by molar-refractivity contribution is 7.92. The number of halogens is 3. The van der Waals surface area contributed by atoms with E-state index in [1.54, 1.807) is 41.5 Å². The summed E-state index contributed by atoms with van der Waals surface area (Å²) in [5.41, 5.74) is -0.864. The molecule has 3 unspecified atom stereocenters. The van der Waals surface area contributed by atoms with E-state index in [9.17, 15) is 32.1 Å². The molecule has 0 heterocycles. The summed E-state index contributed by atoms with van der Waals surface area (Å²) in [4.78, 5) is 23.2. The van der Waals surface area contributed by atoms with Crippen molar-refractivity contribution < 1.29 is 41.2 Å². The van der Waals surface area contributed by atoms with Crippen LogP contribution in [0, 0.1) is 4.78 Å². The number of carboxylic acid groups (broad SMARTS) is 1. The summed E-state index contributed by atoms with van der Waals surface area (Å²) in [6, 6.07) is 0.0595.